The smallest absolute Gasteiger partial charge is 0.311 e. The number of carbonyl (C=O) groups is 5. The Hall–Kier alpha value is -2.65. The number of hydrogen-bond donors (Lipinski definition) is 3. The molecule has 0 aromatic rings. The summed E-state index contributed by atoms with van der Waals surface area (Å²) >= 11 is 0. The van der Waals surface area contributed by atoms with Gasteiger partial charge in [-0.05, 0) is 86.7 Å². The van der Waals surface area contributed by atoms with Crippen LogP contribution in [0.3, 0.4) is 0 Å². The zero-order chi connectivity index (χ0) is 55.6. The molecule has 0 aliphatic carbocycles. The van der Waals surface area contributed by atoms with Gasteiger partial charge in [0.2, 0.25) is 11.8 Å². The van der Waals surface area contributed by atoms with Crippen molar-refractivity contribution in [3.63, 3.8) is 0 Å². The van der Waals surface area contributed by atoms with E-state index in [0.717, 1.165) is 80.2 Å². The van der Waals surface area contributed by atoms with Gasteiger partial charge < -0.3 is 58.6 Å². The van der Waals surface area contributed by atoms with Crippen LogP contribution in [-0.4, -0.2) is 172 Å². The first-order valence-corrected chi connectivity index (χ1v) is 25.8. The van der Waals surface area contributed by atoms with E-state index in [1.54, 1.807) is 13.8 Å². The van der Waals surface area contributed by atoms with Gasteiger partial charge in [0.1, 0.15) is 13.2 Å². The van der Waals surface area contributed by atoms with Crippen LogP contribution in [0.25, 0.3) is 0 Å². The Bertz CT molecular complexity index is 1430. The number of carboxylic acids is 1. The van der Waals surface area contributed by atoms with Gasteiger partial charge in [-0.2, -0.15) is 0 Å². The Morgan fingerprint density at radius 2 is 0.957 bits per heavy atom. The summed E-state index contributed by atoms with van der Waals surface area (Å²) in [5.41, 5.74) is -1.23. The number of amides is 2. The second kappa shape index (κ2) is 39.9. The van der Waals surface area contributed by atoms with Gasteiger partial charge in [-0.15, -0.1) is 12.4 Å². The fourth-order valence-corrected chi connectivity index (χ4v) is 3.67. The molecule has 0 heterocycles. The summed E-state index contributed by atoms with van der Waals surface area (Å²) in [4.78, 5) is 57.9. The molecule has 0 saturated heterocycles. The summed E-state index contributed by atoms with van der Waals surface area (Å²) in [5.74, 6) is -1.25. The standard InChI is InChI=1S/2C12H26N2O.C10H21NO2.C9H18O3.C5H10O2.CH4O4S.ClH/c2*1-7-12(2,3)11(15)13-9-8-10-14(4,5)6;1-6-10(2,3)9(12)13-8-7-11(4)5;1-5-9(3,4)8(11)12-6-7(2)10;1-3-4(2)5(6)7;1-6(3,4)5-2;/h2*7-10H2,1-6H3;6-8H2,1-5H3;7,10H,5-6H2,1-4H3;4H,3H2,1-2H3,(H,6,7);2H,1H3;1H. The van der Waals surface area contributed by atoms with Crippen LogP contribution in [0.1, 0.15) is 149 Å². The molecule has 0 spiro atoms. The zero-order valence-electron chi connectivity index (χ0n) is 48.1. The molecular weight excluding hydrogens is 934 g/mol. The first-order chi connectivity index (χ1) is 30.4. The normalized spacial score (nSPS) is 12.6. The highest BCUT2D eigenvalue weighted by Gasteiger charge is 2.28. The van der Waals surface area contributed by atoms with E-state index in [4.69, 9.17) is 19.8 Å². The maximum Gasteiger partial charge on any atom is 0.311 e. The monoisotopic (exact) mass is 1040 g/mol. The molecule has 69 heavy (non-hydrogen) atoms. The van der Waals surface area contributed by atoms with E-state index >= 15 is 0 Å². The van der Waals surface area contributed by atoms with Crippen molar-refractivity contribution >= 4 is 52.2 Å². The van der Waals surface area contributed by atoms with Crippen LogP contribution in [0.15, 0.2) is 0 Å². The maximum atomic E-state index is 11.7. The minimum Gasteiger partial charge on any atom is -0.707 e. The predicted molar refractivity (Wildman–Crippen MR) is 277 cm³/mol. The van der Waals surface area contributed by atoms with E-state index in [1.165, 1.54) is 0 Å². The van der Waals surface area contributed by atoms with Gasteiger partial charge in [0, 0.05) is 49.3 Å². The third-order valence-corrected chi connectivity index (χ3v) is 11.1. The molecule has 418 valence electrons. The fourth-order valence-electron chi connectivity index (χ4n) is 3.67. The Kier molecular flexibility index (Phi) is 46.5. The molecule has 0 rings (SSSR count). The van der Waals surface area contributed by atoms with E-state index in [0.29, 0.717) is 19.3 Å². The number of likely N-dealkylation sites (N-methyl/N-ethyl adjacent to an activating group) is 1. The lowest BCUT2D eigenvalue weighted by molar-refractivity contribution is -0.870. The molecule has 2 atom stereocenters. The molecule has 2 unspecified atom stereocenters. The summed E-state index contributed by atoms with van der Waals surface area (Å²) in [7, 11) is 13.2. The first-order valence-electron chi connectivity index (χ1n) is 24.0. The number of rotatable bonds is 24. The Balaban J connectivity index is -0.000000137. The van der Waals surface area contributed by atoms with Gasteiger partial charge in [-0.1, -0.05) is 69.2 Å². The molecule has 3 N–H and O–H groups in total. The molecule has 2 amide bonds. The van der Waals surface area contributed by atoms with Crippen LogP contribution in [-0.2, 0) is 47.9 Å². The third kappa shape index (κ3) is 54.5. The lowest BCUT2D eigenvalue weighted by Gasteiger charge is -2.25. The van der Waals surface area contributed by atoms with Gasteiger partial charge in [-0.25, -0.2) is 8.42 Å². The molecule has 0 radical (unpaired) electrons. The number of carbonyl (C=O) groups excluding carboxylic acids is 5. The summed E-state index contributed by atoms with van der Waals surface area (Å²) in [6.45, 7) is 33.6. The fraction of sp³-hybridized carbons (Fsp3) is 0.898. The van der Waals surface area contributed by atoms with Gasteiger partial charge in [-0.3, -0.25) is 19.2 Å². The molecule has 0 aromatic heterocycles. The second-order valence-electron chi connectivity index (χ2n) is 22.0. The molecule has 0 saturated carbocycles. The summed E-state index contributed by atoms with van der Waals surface area (Å²) in [6.07, 6.45) is 6.15. The third-order valence-electron chi connectivity index (χ3n) is 10.8. The number of esters is 2. The molecule has 18 nitrogen and oxygen atoms in total. The van der Waals surface area contributed by atoms with Crippen molar-refractivity contribution in [3.8, 4) is 0 Å². The van der Waals surface area contributed by atoms with E-state index < -0.39 is 27.6 Å². The van der Waals surface area contributed by atoms with E-state index in [-0.39, 0.29) is 64.9 Å². The maximum absolute atomic E-state index is 11.7. The molecule has 0 fully saturated rings. The molecule has 0 aliphatic heterocycles. The topological polar surface area (TPSA) is 241 Å². The number of aliphatic hydroxyl groups excluding tert-OH is 1. The zero-order valence-corrected chi connectivity index (χ0v) is 49.7. The number of ether oxygens (including phenoxy) is 2. The molecule has 0 bridgehead atoms. The number of nitrogens with one attached hydrogen (secondary N) is 2. The summed E-state index contributed by atoms with van der Waals surface area (Å²) in [6, 6.07) is 0. The summed E-state index contributed by atoms with van der Waals surface area (Å²) < 4.78 is 33.5. The van der Waals surface area contributed by atoms with Crippen molar-refractivity contribution in [2.45, 2.75) is 155 Å². The van der Waals surface area contributed by atoms with Gasteiger partial charge in [0.15, 0.2) is 0 Å². The van der Waals surface area contributed by atoms with Gasteiger partial charge in [0.25, 0.3) is 10.1 Å². The van der Waals surface area contributed by atoms with Crippen molar-refractivity contribution in [2.75, 3.05) is 109 Å². The minimum absolute atomic E-state index is 0. The molecule has 0 aliphatic rings. The second-order valence-corrected chi connectivity index (χ2v) is 23.5. The highest BCUT2D eigenvalue weighted by molar-refractivity contribution is 7.85. The van der Waals surface area contributed by atoms with Crippen molar-refractivity contribution in [2.24, 2.45) is 27.6 Å². The molecule has 0 aromatic carbocycles. The van der Waals surface area contributed by atoms with Gasteiger partial charge in [0.05, 0.1) is 78.6 Å². The van der Waals surface area contributed by atoms with E-state index in [1.807, 2.05) is 109 Å². The molecular formula is C49H106ClN5O13S. The average molecular weight is 1040 g/mol. The number of hydrogen-bond acceptors (Lipinski definition) is 14. The van der Waals surface area contributed by atoms with Gasteiger partial charge >= 0.3 is 11.9 Å². The van der Waals surface area contributed by atoms with Crippen LogP contribution in [0, 0.1) is 27.6 Å². The number of aliphatic hydroxyl groups is 1. The quantitative estimate of drug-likeness (QED) is 0.0394. The lowest BCUT2D eigenvalue weighted by Crippen LogP contribution is -2.40. The van der Waals surface area contributed by atoms with Crippen molar-refractivity contribution in [1.29, 1.82) is 0 Å². The van der Waals surface area contributed by atoms with E-state index in [2.05, 4.69) is 57.3 Å². The Labute approximate surface area is 428 Å². The SMILES string of the molecule is CCC(C)(C)C(=O)NCCC[N+](C)(C)C.CCC(C)(C)C(=O)NCCC[N+](C)(C)C.CCC(C)(C)C(=O)OCC(C)O.CCC(C)(C)C(=O)OCCN(C)C.CCC(C)C(=O)[O-].CS(=O)(=O)O[O-].Cl. The Morgan fingerprint density at radius 1 is 0.652 bits per heavy atom. The van der Waals surface area contributed by atoms with Crippen LogP contribution in [0.4, 0.5) is 0 Å². The number of aliphatic carboxylic acids is 1. The predicted octanol–water partition coefficient (Wildman–Crippen LogP) is 4.59. The lowest BCUT2D eigenvalue weighted by atomic mass is 9.89. The van der Waals surface area contributed by atoms with Crippen molar-refractivity contribution in [1.82, 2.24) is 15.5 Å². The number of nitrogens with zero attached hydrogens (tertiary/aromatic N) is 3. The summed E-state index contributed by atoms with van der Waals surface area (Å²) in [5, 5.41) is 33.5. The van der Waals surface area contributed by atoms with Crippen LogP contribution in [0.5, 0.6) is 0 Å². The largest absolute Gasteiger partial charge is 0.707 e. The molecule has 20 heteroatoms. The van der Waals surface area contributed by atoms with E-state index in [9.17, 15) is 37.5 Å². The number of quaternary nitrogens is 2. The van der Waals surface area contributed by atoms with Crippen molar-refractivity contribution < 1.29 is 70.6 Å². The van der Waals surface area contributed by atoms with Crippen LogP contribution < -0.4 is 21.0 Å². The van der Waals surface area contributed by atoms with Crippen molar-refractivity contribution in [3.05, 3.63) is 0 Å². The highest BCUT2D eigenvalue weighted by atomic mass is 35.5. The highest BCUT2D eigenvalue weighted by Crippen LogP contribution is 2.23. The minimum atomic E-state index is -3.72. The van der Waals surface area contributed by atoms with Crippen LogP contribution >= 0.6 is 12.4 Å². The number of carboxylic acid groups (broad SMARTS) is 1. The average Bonchev–Trinajstić information content (AvgIpc) is 3.22. The number of halogens is 1. The first kappa shape index (κ1) is 80.4. The van der Waals surface area contributed by atoms with Crippen LogP contribution in [0.2, 0.25) is 0 Å². The Morgan fingerprint density at radius 3 is 1.16 bits per heavy atom.